The molecule has 0 spiro atoms. The molecule has 5 nitrogen and oxygen atoms in total. The molecule has 1 aliphatic carbocycles. The van der Waals surface area contributed by atoms with Crippen LogP contribution in [-0.4, -0.2) is 21.6 Å². The number of hydrogen-bond acceptors (Lipinski definition) is 2. The standard InChI is InChI=1S/C23H23ClN2O3/c1-23(22(29)25-13-15-5-4-6-16(24)11-15)10-9-20-18(12-23)17-7-2-3-8-19(17)26(20)14-21(27)28/h2-8,11H,9-10,12-14H2,1H3,(H,25,29)(H,27,28). The summed E-state index contributed by atoms with van der Waals surface area (Å²) in [7, 11) is 0. The number of aromatic nitrogens is 1. The van der Waals surface area contributed by atoms with Crippen molar-refractivity contribution in [1.29, 1.82) is 0 Å². The first kappa shape index (κ1) is 19.5. The maximum atomic E-state index is 13.1. The van der Waals surface area contributed by atoms with Gasteiger partial charge in [-0.2, -0.15) is 0 Å². The highest BCUT2D eigenvalue weighted by molar-refractivity contribution is 6.30. The molecule has 2 N–H and O–H groups in total. The van der Waals surface area contributed by atoms with Crippen LogP contribution in [0.15, 0.2) is 48.5 Å². The van der Waals surface area contributed by atoms with E-state index in [1.165, 1.54) is 0 Å². The molecule has 1 aliphatic rings. The van der Waals surface area contributed by atoms with E-state index in [1.54, 1.807) is 0 Å². The van der Waals surface area contributed by atoms with E-state index in [9.17, 15) is 14.7 Å². The lowest BCUT2D eigenvalue weighted by Gasteiger charge is -2.33. The van der Waals surface area contributed by atoms with Crippen LogP contribution in [0.3, 0.4) is 0 Å². The molecule has 4 rings (SSSR count). The molecule has 0 fully saturated rings. The Balaban J connectivity index is 1.60. The minimum Gasteiger partial charge on any atom is -0.480 e. The average Bonchev–Trinajstić information content (AvgIpc) is 2.99. The van der Waals surface area contributed by atoms with Crippen LogP contribution in [0, 0.1) is 5.41 Å². The van der Waals surface area contributed by atoms with Crippen LogP contribution >= 0.6 is 11.6 Å². The minimum absolute atomic E-state index is 0.0122. The van der Waals surface area contributed by atoms with Gasteiger partial charge >= 0.3 is 5.97 Å². The number of nitrogens with zero attached hydrogens (tertiary/aromatic N) is 1. The summed E-state index contributed by atoms with van der Waals surface area (Å²) >= 11 is 6.03. The van der Waals surface area contributed by atoms with Gasteiger partial charge in [0, 0.05) is 28.2 Å². The van der Waals surface area contributed by atoms with Crippen molar-refractivity contribution in [3.05, 3.63) is 70.4 Å². The Bertz CT molecular complexity index is 1100. The van der Waals surface area contributed by atoms with E-state index in [4.69, 9.17) is 11.6 Å². The minimum atomic E-state index is -0.860. The number of rotatable bonds is 5. The molecule has 2 aromatic carbocycles. The van der Waals surface area contributed by atoms with Gasteiger partial charge in [0.05, 0.1) is 5.41 Å². The Morgan fingerprint density at radius 3 is 2.76 bits per heavy atom. The van der Waals surface area contributed by atoms with Crippen molar-refractivity contribution in [3.63, 3.8) is 0 Å². The van der Waals surface area contributed by atoms with Crippen LogP contribution in [0.25, 0.3) is 10.9 Å². The SMILES string of the molecule is CC1(C(=O)NCc2cccc(Cl)c2)CCc2c(c3ccccc3n2CC(=O)O)C1. The van der Waals surface area contributed by atoms with Crippen molar-refractivity contribution in [2.45, 2.75) is 39.3 Å². The molecular formula is C23H23ClN2O3. The highest BCUT2D eigenvalue weighted by atomic mass is 35.5. The number of hydrogen-bond donors (Lipinski definition) is 2. The summed E-state index contributed by atoms with van der Waals surface area (Å²) in [5, 5.41) is 14.1. The zero-order valence-corrected chi connectivity index (χ0v) is 17.0. The first-order valence-corrected chi connectivity index (χ1v) is 10.1. The second-order valence-electron chi connectivity index (χ2n) is 7.97. The van der Waals surface area contributed by atoms with E-state index in [0.29, 0.717) is 30.8 Å². The Kier molecular flexibility index (Phi) is 5.09. The van der Waals surface area contributed by atoms with Crippen molar-refractivity contribution in [2.75, 3.05) is 0 Å². The zero-order valence-electron chi connectivity index (χ0n) is 16.2. The average molecular weight is 411 g/mol. The molecular weight excluding hydrogens is 388 g/mol. The molecule has 1 heterocycles. The predicted molar refractivity (Wildman–Crippen MR) is 113 cm³/mol. The van der Waals surface area contributed by atoms with Crippen LogP contribution in [0.1, 0.15) is 30.2 Å². The molecule has 1 amide bonds. The molecule has 0 bridgehead atoms. The highest BCUT2D eigenvalue weighted by Crippen LogP contribution is 2.40. The van der Waals surface area contributed by atoms with Crippen molar-refractivity contribution in [3.8, 4) is 0 Å². The lowest BCUT2D eigenvalue weighted by Crippen LogP contribution is -2.42. The number of fused-ring (bicyclic) bond motifs is 3. The van der Waals surface area contributed by atoms with Crippen LogP contribution in [0.4, 0.5) is 0 Å². The summed E-state index contributed by atoms with van der Waals surface area (Å²) in [4.78, 5) is 24.4. The smallest absolute Gasteiger partial charge is 0.323 e. The van der Waals surface area contributed by atoms with Crippen molar-refractivity contribution < 1.29 is 14.7 Å². The second-order valence-corrected chi connectivity index (χ2v) is 8.41. The number of carbonyl (C=O) groups excluding carboxylic acids is 1. The molecule has 0 saturated heterocycles. The normalized spacial score (nSPS) is 18.4. The first-order valence-electron chi connectivity index (χ1n) is 9.71. The van der Waals surface area contributed by atoms with Gasteiger partial charge in [-0.05, 0) is 48.6 Å². The van der Waals surface area contributed by atoms with Crippen LogP contribution < -0.4 is 5.32 Å². The maximum Gasteiger partial charge on any atom is 0.323 e. The lowest BCUT2D eigenvalue weighted by atomic mass is 9.73. The van der Waals surface area contributed by atoms with Gasteiger partial charge in [0.1, 0.15) is 6.54 Å². The van der Waals surface area contributed by atoms with Crippen LogP contribution in [0.2, 0.25) is 5.02 Å². The number of halogens is 1. The summed E-state index contributed by atoms with van der Waals surface area (Å²) < 4.78 is 1.89. The van der Waals surface area contributed by atoms with E-state index in [2.05, 4.69) is 5.32 Å². The van der Waals surface area contributed by atoms with Gasteiger partial charge in [-0.3, -0.25) is 9.59 Å². The quantitative estimate of drug-likeness (QED) is 0.662. The van der Waals surface area contributed by atoms with Gasteiger partial charge in [-0.25, -0.2) is 0 Å². The van der Waals surface area contributed by atoms with E-state index in [1.807, 2.05) is 60.0 Å². The number of benzene rings is 2. The van der Waals surface area contributed by atoms with Gasteiger partial charge in [-0.1, -0.05) is 48.9 Å². The fraction of sp³-hybridized carbons (Fsp3) is 0.304. The largest absolute Gasteiger partial charge is 0.480 e. The van der Waals surface area contributed by atoms with E-state index in [0.717, 1.165) is 27.7 Å². The molecule has 1 atom stereocenters. The molecule has 0 saturated carbocycles. The summed E-state index contributed by atoms with van der Waals surface area (Å²) in [6.07, 6.45) is 1.95. The van der Waals surface area contributed by atoms with E-state index < -0.39 is 11.4 Å². The lowest BCUT2D eigenvalue weighted by molar-refractivity contribution is -0.137. The second kappa shape index (κ2) is 7.56. The number of nitrogens with one attached hydrogen (secondary N) is 1. The number of para-hydroxylation sites is 1. The van der Waals surface area contributed by atoms with Gasteiger partial charge < -0.3 is 15.0 Å². The Morgan fingerprint density at radius 2 is 2.00 bits per heavy atom. The predicted octanol–water partition coefficient (Wildman–Crippen LogP) is 4.19. The summed E-state index contributed by atoms with van der Waals surface area (Å²) in [6, 6.07) is 15.3. The number of amides is 1. The van der Waals surface area contributed by atoms with Crippen LogP contribution in [0.5, 0.6) is 0 Å². The Hall–Kier alpha value is -2.79. The molecule has 1 unspecified atom stereocenters. The number of carboxylic acids is 1. The van der Waals surface area contributed by atoms with Crippen LogP contribution in [-0.2, 0) is 35.5 Å². The fourth-order valence-corrected chi connectivity index (χ4v) is 4.55. The number of carbonyl (C=O) groups is 2. The van der Waals surface area contributed by atoms with Gasteiger partial charge in [-0.15, -0.1) is 0 Å². The molecule has 29 heavy (non-hydrogen) atoms. The third kappa shape index (κ3) is 3.75. The topological polar surface area (TPSA) is 71.3 Å². The van der Waals surface area contributed by atoms with Crippen molar-refractivity contribution in [2.24, 2.45) is 5.41 Å². The molecule has 150 valence electrons. The molecule has 0 aliphatic heterocycles. The molecule has 0 radical (unpaired) electrons. The Labute approximate surface area is 174 Å². The Morgan fingerprint density at radius 1 is 1.21 bits per heavy atom. The van der Waals surface area contributed by atoms with Gasteiger partial charge in [0.15, 0.2) is 0 Å². The third-order valence-electron chi connectivity index (χ3n) is 5.86. The summed E-state index contributed by atoms with van der Waals surface area (Å²) in [6.45, 7) is 2.36. The van der Waals surface area contributed by atoms with Crippen molar-refractivity contribution in [1.82, 2.24) is 9.88 Å². The highest BCUT2D eigenvalue weighted by Gasteiger charge is 2.39. The number of carboxylic acid groups (broad SMARTS) is 1. The first-order chi connectivity index (χ1) is 13.9. The molecule has 3 aromatic rings. The third-order valence-corrected chi connectivity index (χ3v) is 6.09. The van der Waals surface area contributed by atoms with E-state index >= 15 is 0 Å². The summed E-state index contributed by atoms with van der Waals surface area (Å²) in [5.74, 6) is -0.848. The molecule has 6 heteroatoms. The van der Waals surface area contributed by atoms with Gasteiger partial charge in [0.25, 0.3) is 0 Å². The monoisotopic (exact) mass is 410 g/mol. The molecule has 1 aromatic heterocycles. The maximum absolute atomic E-state index is 13.1. The fourth-order valence-electron chi connectivity index (χ4n) is 4.34. The van der Waals surface area contributed by atoms with Crippen molar-refractivity contribution >= 4 is 34.4 Å². The van der Waals surface area contributed by atoms with E-state index in [-0.39, 0.29) is 12.5 Å². The van der Waals surface area contributed by atoms with Gasteiger partial charge in [0.2, 0.25) is 5.91 Å². The summed E-state index contributed by atoms with van der Waals surface area (Å²) in [5.41, 5.74) is 3.47. The zero-order chi connectivity index (χ0) is 20.6. The number of aliphatic carboxylic acids is 1.